The molecule has 1 amide bonds. The molecule has 0 spiro atoms. The van der Waals surface area contributed by atoms with E-state index in [1.165, 1.54) is 0 Å². The van der Waals surface area contributed by atoms with Crippen molar-refractivity contribution >= 4 is 11.6 Å². The number of hydrogen-bond acceptors (Lipinski definition) is 21. The fraction of sp³-hybridized carbons (Fsp3) is 0.610. The first-order valence-electron chi connectivity index (χ1n) is 27.6. The van der Waals surface area contributed by atoms with Crippen LogP contribution in [0.5, 0.6) is 0 Å². The molecular weight excluding hydrogens is 1050 g/mol. The Morgan fingerprint density at radius 1 is 0.321 bits per heavy atom. The Hall–Kier alpha value is -4.55. The van der Waals surface area contributed by atoms with Gasteiger partial charge in [-0.15, -0.1) is 0 Å². The van der Waals surface area contributed by atoms with Gasteiger partial charge in [-0.2, -0.15) is 0 Å². The molecule has 0 atom stereocenters. The smallest absolute Gasteiger partial charge is 0.224 e. The fourth-order valence-electron chi connectivity index (χ4n) is 6.42. The molecule has 5 N–H and O–H groups in total. The monoisotopic (exact) mass is 1140 g/mol. The van der Waals surface area contributed by atoms with E-state index in [1.54, 1.807) is 0 Å². The van der Waals surface area contributed by atoms with Crippen LogP contribution in [0.25, 0.3) is 0 Å². The Labute approximate surface area is 479 Å². The molecule has 0 aliphatic heterocycles. The van der Waals surface area contributed by atoms with Gasteiger partial charge in [-0.25, -0.2) is 11.8 Å². The van der Waals surface area contributed by atoms with E-state index in [0.29, 0.717) is 237 Å². The van der Waals surface area contributed by atoms with E-state index >= 15 is 0 Å². The van der Waals surface area contributed by atoms with Crippen LogP contribution in [0.1, 0.15) is 46.7 Å². The highest BCUT2D eigenvalue weighted by Gasteiger charge is 2.05. The number of nitrogens with one attached hydrogen (secondary N) is 1. The molecule has 0 unspecified atom stereocenters. The second-order valence-electron chi connectivity index (χ2n) is 17.0. The van der Waals surface area contributed by atoms with Crippen LogP contribution in [0, 0.1) is 23.7 Å². The zero-order chi connectivity index (χ0) is 57.4. The molecule has 22 heteroatoms. The molecule has 3 aromatic carbocycles. The molecular formula is C59H89N3O19. The van der Waals surface area contributed by atoms with Crippen molar-refractivity contribution in [2.75, 3.05) is 217 Å². The number of anilines is 1. The molecule has 0 saturated carbocycles. The van der Waals surface area contributed by atoms with Crippen molar-refractivity contribution in [3.63, 3.8) is 0 Å². The average Bonchev–Trinajstić information content (AvgIpc) is 3.49. The standard InChI is InChI=1S/C59H89N3O19/c1-2-59(63)62-58-48-56(13-7-52-3-9-54(10-4-52)50-78-41-39-74-33-31-70-25-23-66-17-15-64-19-21-68-27-29-72-35-37-76-43-45-80-60)47-57(49-58)14-8-53-5-11-55(12-6-53)51-79-42-40-75-34-32-71-26-24-67-18-16-65-20-22-69-28-30-73-36-38-77-44-46-81-61/h3-6,9-12,47-49H,2,15-46,50-51,60-61H2,1H3,(H,62,63). The van der Waals surface area contributed by atoms with Gasteiger partial charge in [0, 0.05) is 34.4 Å². The summed E-state index contributed by atoms with van der Waals surface area (Å²) in [6.07, 6.45) is 0.350. The van der Waals surface area contributed by atoms with Gasteiger partial charge in [-0.3, -0.25) is 4.79 Å². The number of ether oxygens (including phenoxy) is 16. The van der Waals surface area contributed by atoms with Crippen LogP contribution in [-0.4, -0.2) is 217 Å². The lowest BCUT2D eigenvalue weighted by atomic mass is 10.1. The minimum absolute atomic E-state index is 0.0952. The third-order valence-corrected chi connectivity index (χ3v) is 10.6. The molecule has 0 aliphatic rings. The maximum absolute atomic E-state index is 12.3. The highest BCUT2D eigenvalue weighted by atomic mass is 16.6. The van der Waals surface area contributed by atoms with Gasteiger partial charge in [0.05, 0.1) is 225 Å². The van der Waals surface area contributed by atoms with Crippen molar-refractivity contribution in [1.82, 2.24) is 0 Å². The first-order valence-corrected chi connectivity index (χ1v) is 27.6. The molecule has 3 rings (SSSR count). The average molecular weight is 1140 g/mol. The van der Waals surface area contributed by atoms with Gasteiger partial charge >= 0.3 is 0 Å². The lowest BCUT2D eigenvalue weighted by Crippen LogP contribution is -2.15. The Balaban J connectivity index is 1.18. The second-order valence-corrected chi connectivity index (χ2v) is 17.0. The molecule has 81 heavy (non-hydrogen) atoms. The maximum atomic E-state index is 12.3. The number of amides is 1. The highest BCUT2D eigenvalue weighted by Crippen LogP contribution is 2.16. The third kappa shape index (κ3) is 42.9. The summed E-state index contributed by atoms with van der Waals surface area (Å²) in [5.74, 6) is 22.7. The lowest BCUT2D eigenvalue weighted by Gasteiger charge is -2.09. The summed E-state index contributed by atoms with van der Waals surface area (Å²) in [7, 11) is 0. The summed E-state index contributed by atoms with van der Waals surface area (Å²) < 4.78 is 88.2. The van der Waals surface area contributed by atoms with Crippen molar-refractivity contribution < 1.29 is 90.3 Å². The third-order valence-electron chi connectivity index (χ3n) is 10.6. The topological polar surface area (TPSA) is 247 Å². The Morgan fingerprint density at radius 2 is 0.543 bits per heavy atom. The van der Waals surface area contributed by atoms with E-state index in [9.17, 15) is 4.79 Å². The fourth-order valence-corrected chi connectivity index (χ4v) is 6.42. The Bertz CT molecular complexity index is 1930. The van der Waals surface area contributed by atoms with Crippen LogP contribution in [-0.2, 0) is 103 Å². The minimum Gasteiger partial charge on any atom is -0.377 e. The van der Waals surface area contributed by atoms with E-state index in [1.807, 2.05) is 73.7 Å². The largest absolute Gasteiger partial charge is 0.377 e. The van der Waals surface area contributed by atoms with Crippen molar-refractivity contribution in [3.05, 3.63) is 100 Å². The summed E-state index contributed by atoms with van der Waals surface area (Å²) in [5.41, 5.74) is 5.82. The van der Waals surface area contributed by atoms with Gasteiger partial charge in [-0.1, -0.05) is 54.9 Å². The summed E-state index contributed by atoms with van der Waals surface area (Å²) in [6.45, 7) is 17.7. The Morgan fingerprint density at radius 3 is 0.778 bits per heavy atom. The zero-order valence-electron chi connectivity index (χ0n) is 47.5. The number of benzene rings is 3. The number of rotatable bonds is 54. The van der Waals surface area contributed by atoms with Crippen molar-refractivity contribution in [2.45, 2.75) is 26.6 Å². The van der Waals surface area contributed by atoms with Crippen molar-refractivity contribution in [3.8, 4) is 23.7 Å². The molecule has 0 aliphatic carbocycles. The number of carbonyl (C=O) groups excluding carboxylic acids is 1. The summed E-state index contributed by atoms with van der Waals surface area (Å²) >= 11 is 0. The maximum Gasteiger partial charge on any atom is 0.224 e. The molecule has 0 aromatic heterocycles. The highest BCUT2D eigenvalue weighted by molar-refractivity contribution is 5.91. The van der Waals surface area contributed by atoms with Gasteiger partial charge < -0.3 is 90.8 Å². The van der Waals surface area contributed by atoms with Crippen LogP contribution in [0.3, 0.4) is 0 Å². The zero-order valence-corrected chi connectivity index (χ0v) is 47.5. The van der Waals surface area contributed by atoms with Gasteiger partial charge in [0.15, 0.2) is 0 Å². The molecule has 3 aromatic rings. The summed E-state index contributed by atoms with van der Waals surface area (Å²) in [6, 6.07) is 21.4. The number of nitrogens with two attached hydrogens (primary N) is 2. The first kappa shape index (κ1) is 70.7. The summed E-state index contributed by atoms with van der Waals surface area (Å²) in [5, 5.41) is 2.94. The predicted octanol–water partition coefficient (Wildman–Crippen LogP) is 3.88. The van der Waals surface area contributed by atoms with Crippen LogP contribution in [0.4, 0.5) is 5.69 Å². The van der Waals surface area contributed by atoms with Gasteiger partial charge in [0.1, 0.15) is 0 Å². The second kappa shape index (κ2) is 53.5. The Kier molecular flexibility index (Phi) is 46.7. The molecule has 0 radical (unpaired) electrons. The van der Waals surface area contributed by atoms with Gasteiger partial charge in [0.2, 0.25) is 5.91 Å². The molecule has 0 heterocycles. The minimum atomic E-state index is -0.0952. The SMILES string of the molecule is CCC(=O)Nc1cc(C#Cc2ccc(COCCOCCOCCOCCOCCOCCOCCOCCON)cc2)cc(C#Cc2ccc(COCCOCCOCCOCCOCCOCCOCCOCCON)cc2)c1. The molecule has 454 valence electrons. The van der Waals surface area contributed by atoms with Gasteiger partial charge in [-0.05, 0) is 53.6 Å². The van der Waals surface area contributed by atoms with Crippen LogP contribution >= 0.6 is 0 Å². The van der Waals surface area contributed by atoms with E-state index in [-0.39, 0.29) is 5.91 Å². The first-order chi connectivity index (χ1) is 40.1. The summed E-state index contributed by atoms with van der Waals surface area (Å²) in [4.78, 5) is 21.1. The number of hydrogen-bond donors (Lipinski definition) is 3. The molecule has 0 fully saturated rings. The van der Waals surface area contributed by atoms with E-state index in [0.717, 1.165) is 33.4 Å². The van der Waals surface area contributed by atoms with Crippen molar-refractivity contribution in [1.29, 1.82) is 0 Å². The van der Waals surface area contributed by atoms with E-state index in [2.05, 4.69) is 38.7 Å². The van der Waals surface area contributed by atoms with E-state index in [4.69, 9.17) is 87.6 Å². The molecule has 0 saturated heterocycles. The van der Waals surface area contributed by atoms with Crippen LogP contribution in [0.15, 0.2) is 66.7 Å². The molecule has 22 nitrogen and oxygen atoms in total. The number of carbonyl (C=O) groups is 1. The predicted molar refractivity (Wildman–Crippen MR) is 301 cm³/mol. The molecule has 0 bridgehead atoms. The normalized spacial score (nSPS) is 11.1. The van der Waals surface area contributed by atoms with Gasteiger partial charge in [0.25, 0.3) is 0 Å². The lowest BCUT2D eigenvalue weighted by molar-refractivity contribution is -0.115. The quantitative estimate of drug-likeness (QED) is 0.0412. The van der Waals surface area contributed by atoms with Crippen molar-refractivity contribution in [2.24, 2.45) is 11.8 Å². The van der Waals surface area contributed by atoms with Crippen LogP contribution in [0.2, 0.25) is 0 Å². The van der Waals surface area contributed by atoms with Crippen LogP contribution < -0.4 is 17.1 Å². The van der Waals surface area contributed by atoms with E-state index < -0.39 is 0 Å².